The number of benzene rings is 2. The van der Waals surface area contributed by atoms with E-state index in [0.29, 0.717) is 5.92 Å². The van der Waals surface area contributed by atoms with Crippen molar-refractivity contribution in [1.29, 1.82) is 0 Å². The fourth-order valence-corrected chi connectivity index (χ4v) is 5.72. The van der Waals surface area contributed by atoms with Gasteiger partial charge < -0.3 is 25.2 Å². The first kappa shape index (κ1) is 23.1. The molecule has 1 aliphatic carbocycles. The van der Waals surface area contributed by atoms with E-state index in [-0.39, 0.29) is 31.0 Å². The topological polar surface area (TPSA) is 75.6 Å². The molecular formula is C27H33N3O3S. The zero-order chi connectivity index (χ0) is 23.7. The minimum absolute atomic E-state index is 0.0199. The van der Waals surface area contributed by atoms with Crippen LogP contribution in [0.5, 0.6) is 11.5 Å². The third-order valence-electron chi connectivity index (χ3n) is 6.71. The second-order valence-corrected chi connectivity index (χ2v) is 10.9. The van der Waals surface area contributed by atoms with Crippen molar-refractivity contribution >= 4 is 16.5 Å². The molecule has 2 heterocycles. The first-order valence-corrected chi connectivity index (χ1v) is 12.9. The maximum absolute atomic E-state index is 10.0. The summed E-state index contributed by atoms with van der Waals surface area (Å²) in [7, 11) is 0. The summed E-state index contributed by atoms with van der Waals surface area (Å²) in [6.07, 6.45) is 5.00. The van der Waals surface area contributed by atoms with Gasteiger partial charge in [-0.25, -0.2) is 4.98 Å². The van der Waals surface area contributed by atoms with Crippen molar-refractivity contribution in [3.05, 3.63) is 70.2 Å². The fourth-order valence-electron chi connectivity index (χ4n) is 4.72. The van der Waals surface area contributed by atoms with Crippen molar-refractivity contribution in [2.45, 2.75) is 57.7 Å². The number of fused-ring (bicyclic) bond motifs is 1. The van der Waals surface area contributed by atoms with Crippen LogP contribution in [-0.4, -0.2) is 29.5 Å². The molecule has 0 saturated heterocycles. The van der Waals surface area contributed by atoms with Crippen LogP contribution < -0.4 is 20.1 Å². The maximum Gasteiger partial charge on any atom is 0.231 e. The van der Waals surface area contributed by atoms with Gasteiger partial charge in [-0.3, -0.25) is 0 Å². The number of nitrogens with one attached hydrogen (secondary N) is 2. The van der Waals surface area contributed by atoms with Crippen LogP contribution in [-0.2, 0) is 5.54 Å². The maximum atomic E-state index is 10.0. The predicted molar refractivity (Wildman–Crippen MR) is 136 cm³/mol. The van der Waals surface area contributed by atoms with Crippen LogP contribution in [0.25, 0.3) is 0 Å². The molecule has 0 spiro atoms. The molecule has 3 N–H and O–H groups in total. The molecule has 2 aromatic carbocycles. The number of ether oxygens (including phenoxy) is 2. The number of aryl methyl sites for hydroxylation is 1. The first-order chi connectivity index (χ1) is 16.5. The smallest absolute Gasteiger partial charge is 0.231 e. The van der Waals surface area contributed by atoms with Crippen LogP contribution in [0.1, 0.15) is 60.7 Å². The van der Waals surface area contributed by atoms with Gasteiger partial charge in [-0.1, -0.05) is 44.2 Å². The zero-order valence-electron chi connectivity index (χ0n) is 20.0. The molecule has 1 unspecified atom stereocenters. The number of thiazole rings is 1. The average Bonchev–Trinajstić information content (AvgIpc) is 3.22. The molecule has 1 aromatic heterocycles. The minimum Gasteiger partial charge on any atom is -0.454 e. The Kier molecular flexibility index (Phi) is 6.51. The Morgan fingerprint density at radius 2 is 1.91 bits per heavy atom. The lowest BCUT2D eigenvalue weighted by molar-refractivity contribution is 0.174. The molecule has 2 atom stereocenters. The van der Waals surface area contributed by atoms with E-state index in [9.17, 15) is 5.11 Å². The number of anilines is 1. The normalized spacial score (nSPS) is 17.6. The highest BCUT2D eigenvalue weighted by Gasteiger charge is 2.45. The molecule has 0 radical (unpaired) electrons. The van der Waals surface area contributed by atoms with Crippen LogP contribution in [0, 0.1) is 12.8 Å². The lowest BCUT2D eigenvalue weighted by atomic mass is 9.97. The minimum atomic E-state index is -0.104. The Hall–Kier alpha value is -2.61. The van der Waals surface area contributed by atoms with Gasteiger partial charge >= 0.3 is 0 Å². The highest BCUT2D eigenvalue weighted by Crippen LogP contribution is 2.51. The standard InChI is InChI=1S/C27H33N3O3S/c1-17(2)12-20(15-31)29-25(21-7-5-4-6-18(21)3)24-14-28-26(34-24)30-27(10-11-27)19-8-9-22-23(13-19)33-16-32-22/h4-9,13-14,17,20,25,29,31H,10-12,15-16H2,1-3H3,(H,28,30)/t20-,25?/m1/s1. The molecule has 5 rings (SSSR count). The zero-order valence-corrected chi connectivity index (χ0v) is 20.8. The van der Waals surface area contributed by atoms with E-state index in [1.165, 1.54) is 16.7 Å². The summed E-state index contributed by atoms with van der Waals surface area (Å²) in [5, 5.41) is 18.4. The monoisotopic (exact) mass is 479 g/mol. The van der Waals surface area contributed by atoms with Gasteiger partial charge in [0.05, 0.1) is 18.2 Å². The SMILES string of the molecule is Cc1ccccc1C(N[C@@H](CO)CC(C)C)c1cnc(NC2(c3ccc4c(c3)OCO4)CC2)s1. The lowest BCUT2D eigenvalue weighted by Gasteiger charge is -2.26. The Morgan fingerprint density at radius 1 is 1.12 bits per heavy atom. The molecule has 1 saturated carbocycles. The molecule has 6 nitrogen and oxygen atoms in total. The predicted octanol–water partition coefficient (Wildman–Crippen LogP) is 5.37. The van der Waals surface area contributed by atoms with Crippen molar-refractivity contribution in [3.63, 3.8) is 0 Å². The van der Waals surface area contributed by atoms with Gasteiger partial charge in [0.25, 0.3) is 0 Å². The van der Waals surface area contributed by atoms with Crippen molar-refractivity contribution in [2.75, 3.05) is 18.7 Å². The van der Waals surface area contributed by atoms with Crippen molar-refractivity contribution in [2.24, 2.45) is 5.92 Å². The summed E-state index contributed by atoms with van der Waals surface area (Å²) in [5.41, 5.74) is 3.55. The average molecular weight is 480 g/mol. The van der Waals surface area contributed by atoms with Crippen molar-refractivity contribution in [1.82, 2.24) is 10.3 Å². The number of nitrogens with zero attached hydrogens (tertiary/aromatic N) is 1. The number of hydrogen-bond acceptors (Lipinski definition) is 7. The summed E-state index contributed by atoms with van der Waals surface area (Å²) < 4.78 is 11.1. The molecule has 0 amide bonds. The Morgan fingerprint density at radius 3 is 2.65 bits per heavy atom. The molecule has 34 heavy (non-hydrogen) atoms. The van der Waals surface area contributed by atoms with Crippen LogP contribution in [0.2, 0.25) is 0 Å². The van der Waals surface area contributed by atoms with E-state index >= 15 is 0 Å². The number of aliphatic hydroxyl groups is 1. The molecule has 2 aliphatic rings. The van der Waals surface area contributed by atoms with Crippen LogP contribution in [0.15, 0.2) is 48.7 Å². The Labute approximate surface area is 205 Å². The summed E-state index contributed by atoms with van der Waals surface area (Å²) in [6.45, 7) is 6.91. The molecule has 180 valence electrons. The third-order valence-corrected chi connectivity index (χ3v) is 7.69. The van der Waals surface area contributed by atoms with Crippen LogP contribution in [0.4, 0.5) is 5.13 Å². The number of aliphatic hydroxyl groups excluding tert-OH is 1. The molecule has 0 bridgehead atoms. The van der Waals surface area contributed by atoms with Gasteiger partial charge in [0, 0.05) is 17.1 Å². The molecule has 3 aromatic rings. The lowest BCUT2D eigenvalue weighted by Crippen LogP contribution is -2.37. The van der Waals surface area contributed by atoms with E-state index in [1.807, 2.05) is 12.3 Å². The van der Waals surface area contributed by atoms with E-state index in [2.05, 4.69) is 67.8 Å². The van der Waals surface area contributed by atoms with Crippen LogP contribution >= 0.6 is 11.3 Å². The van der Waals surface area contributed by atoms with E-state index in [4.69, 9.17) is 14.5 Å². The van der Waals surface area contributed by atoms with Gasteiger partial charge in [-0.2, -0.15) is 0 Å². The third kappa shape index (κ3) is 4.78. The van der Waals surface area contributed by atoms with Gasteiger partial charge in [-0.15, -0.1) is 11.3 Å². The summed E-state index contributed by atoms with van der Waals surface area (Å²) >= 11 is 1.68. The van der Waals surface area contributed by atoms with Crippen LogP contribution in [0.3, 0.4) is 0 Å². The van der Waals surface area contributed by atoms with E-state index in [0.717, 1.165) is 40.8 Å². The largest absolute Gasteiger partial charge is 0.454 e. The van der Waals surface area contributed by atoms with E-state index < -0.39 is 0 Å². The number of rotatable bonds is 10. The summed E-state index contributed by atoms with van der Waals surface area (Å²) in [4.78, 5) is 5.90. The number of aromatic nitrogens is 1. The summed E-state index contributed by atoms with van der Waals surface area (Å²) in [6, 6.07) is 14.6. The molecule has 7 heteroatoms. The second kappa shape index (κ2) is 9.56. The Bertz CT molecular complexity index is 1140. The Balaban J connectivity index is 1.39. The fraction of sp³-hybridized carbons (Fsp3) is 0.444. The quantitative estimate of drug-likeness (QED) is 0.363. The van der Waals surface area contributed by atoms with Gasteiger partial charge in [0.15, 0.2) is 16.6 Å². The first-order valence-electron chi connectivity index (χ1n) is 12.0. The van der Waals surface area contributed by atoms with Crippen molar-refractivity contribution in [3.8, 4) is 11.5 Å². The summed E-state index contributed by atoms with van der Waals surface area (Å²) in [5.74, 6) is 2.12. The molecule has 1 aliphatic heterocycles. The van der Waals surface area contributed by atoms with Gasteiger partial charge in [0.2, 0.25) is 6.79 Å². The second-order valence-electron chi connectivity index (χ2n) is 9.81. The number of hydrogen-bond donors (Lipinski definition) is 3. The highest BCUT2D eigenvalue weighted by atomic mass is 32.1. The highest BCUT2D eigenvalue weighted by molar-refractivity contribution is 7.15. The van der Waals surface area contributed by atoms with Crippen molar-refractivity contribution < 1.29 is 14.6 Å². The molecular weight excluding hydrogens is 446 g/mol. The molecule has 1 fully saturated rings. The van der Waals surface area contributed by atoms with E-state index in [1.54, 1.807) is 11.3 Å². The van der Waals surface area contributed by atoms with Gasteiger partial charge in [0.1, 0.15) is 0 Å². The van der Waals surface area contributed by atoms with Gasteiger partial charge in [-0.05, 0) is 60.9 Å².